The van der Waals surface area contributed by atoms with Crippen LogP contribution in [0.15, 0.2) is 24.4 Å². The lowest BCUT2D eigenvalue weighted by Crippen LogP contribution is -1.97. The van der Waals surface area contributed by atoms with Crippen LogP contribution < -0.4 is 0 Å². The highest BCUT2D eigenvalue weighted by molar-refractivity contribution is 6.30. The summed E-state index contributed by atoms with van der Waals surface area (Å²) >= 11 is 5.93. The van der Waals surface area contributed by atoms with Crippen molar-refractivity contribution in [3.63, 3.8) is 0 Å². The number of aromatic nitrogens is 3. The van der Waals surface area contributed by atoms with E-state index in [0.29, 0.717) is 11.4 Å². The minimum Gasteiger partial charge on any atom is -0.396 e. The van der Waals surface area contributed by atoms with Crippen molar-refractivity contribution in [1.82, 2.24) is 15.0 Å². The molecule has 0 atom stereocenters. The number of aliphatic hydroxyl groups is 1. The second kappa shape index (κ2) is 4.63. The van der Waals surface area contributed by atoms with Gasteiger partial charge >= 0.3 is 0 Å². The van der Waals surface area contributed by atoms with E-state index >= 15 is 0 Å². The maximum absolute atomic E-state index is 8.80. The van der Waals surface area contributed by atoms with Gasteiger partial charge in [-0.1, -0.05) is 22.9 Å². The summed E-state index contributed by atoms with van der Waals surface area (Å²) in [7, 11) is 0. The number of aryl methyl sites for hydroxylation is 1. The first kappa shape index (κ1) is 11.1. The lowest BCUT2D eigenvalue weighted by Gasteiger charge is -2.04. The van der Waals surface area contributed by atoms with Crippen LogP contribution in [0.3, 0.4) is 0 Å². The highest BCUT2D eigenvalue weighted by atomic mass is 35.5. The molecule has 4 nitrogen and oxygen atoms in total. The number of nitrogens with zero attached hydrogens (tertiary/aromatic N) is 3. The standard InChI is InChI=1S/C11H12ClN3O/c1-8-2-3-9(12)6-11(8)15-7-10(4-5-16)13-14-15/h2-3,6-7,16H,4-5H2,1H3. The molecule has 1 heterocycles. The zero-order chi connectivity index (χ0) is 11.5. The van der Waals surface area contributed by atoms with Crippen LogP contribution in [0, 0.1) is 6.92 Å². The molecule has 0 aliphatic carbocycles. The molecule has 0 radical (unpaired) electrons. The molecule has 0 spiro atoms. The fourth-order valence-corrected chi connectivity index (χ4v) is 1.64. The highest BCUT2D eigenvalue weighted by Gasteiger charge is 2.05. The van der Waals surface area contributed by atoms with Gasteiger partial charge in [-0.05, 0) is 24.6 Å². The minimum absolute atomic E-state index is 0.0766. The van der Waals surface area contributed by atoms with Gasteiger partial charge in [0.15, 0.2) is 0 Å². The van der Waals surface area contributed by atoms with Gasteiger partial charge in [0.05, 0.1) is 17.6 Å². The molecule has 0 saturated carbocycles. The van der Waals surface area contributed by atoms with E-state index in [1.54, 1.807) is 10.9 Å². The Balaban J connectivity index is 2.38. The molecule has 0 bridgehead atoms. The van der Waals surface area contributed by atoms with Gasteiger partial charge in [0, 0.05) is 18.1 Å². The van der Waals surface area contributed by atoms with Crippen LogP contribution in [-0.2, 0) is 6.42 Å². The van der Waals surface area contributed by atoms with E-state index in [4.69, 9.17) is 16.7 Å². The Kier molecular flexibility index (Phi) is 3.22. The van der Waals surface area contributed by atoms with Crippen LogP contribution in [0.2, 0.25) is 5.02 Å². The molecule has 1 aromatic carbocycles. The Morgan fingerprint density at radius 2 is 2.25 bits per heavy atom. The van der Waals surface area contributed by atoms with Crippen molar-refractivity contribution in [2.24, 2.45) is 0 Å². The van der Waals surface area contributed by atoms with Crippen LogP contribution in [0.5, 0.6) is 0 Å². The van der Waals surface area contributed by atoms with Crippen LogP contribution >= 0.6 is 11.6 Å². The monoisotopic (exact) mass is 237 g/mol. The number of hydrogen-bond donors (Lipinski definition) is 1. The topological polar surface area (TPSA) is 50.9 Å². The van der Waals surface area contributed by atoms with Gasteiger partial charge in [-0.25, -0.2) is 4.68 Å². The summed E-state index contributed by atoms with van der Waals surface area (Å²) in [5.41, 5.74) is 2.75. The van der Waals surface area contributed by atoms with E-state index in [0.717, 1.165) is 16.9 Å². The van der Waals surface area contributed by atoms with E-state index in [9.17, 15) is 0 Å². The van der Waals surface area contributed by atoms with Crippen molar-refractivity contribution in [3.8, 4) is 5.69 Å². The zero-order valence-electron chi connectivity index (χ0n) is 8.89. The molecule has 2 aromatic rings. The molecule has 0 saturated heterocycles. The van der Waals surface area contributed by atoms with Crippen LogP contribution in [0.1, 0.15) is 11.3 Å². The summed E-state index contributed by atoms with van der Waals surface area (Å²) in [6.45, 7) is 2.06. The Morgan fingerprint density at radius 3 is 3.00 bits per heavy atom. The van der Waals surface area contributed by atoms with Crippen molar-refractivity contribution in [2.45, 2.75) is 13.3 Å². The van der Waals surface area contributed by atoms with Gasteiger partial charge in [0.2, 0.25) is 0 Å². The summed E-state index contributed by atoms with van der Waals surface area (Å²) in [5, 5.41) is 17.4. The van der Waals surface area contributed by atoms with Crippen molar-refractivity contribution in [3.05, 3.63) is 40.7 Å². The number of halogens is 1. The Bertz CT molecular complexity index is 496. The van der Waals surface area contributed by atoms with E-state index in [1.165, 1.54) is 0 Å². The van der Waals surface area contributed by atoms with Crippen LogP contribution in [-0.4, -0.2) is 26.7 Å². The fraction of sp³-hybridized carbons (Fsp3) is 0.273. The average molecular weight is 238 g/mol. The van der Waals surface area contributed by atoms with E-state index in [-0.39, 0.29) is 6.61 Å². The molecule has 1 N–H and O–H groups in total. The maximum Gasteiger partial charge on any atom is 0.0854 e. The second-order valence-electron chi connectivity index (χ2n) is 3.56. The number of aliphatic hydroxyl groups excluding tert-OH is 1. The van der Waals surface area contributed by atoms with Gasteiger partial charge in [0.25, 0.3) is 0 Å². The van der Waals surface area contributed by atoms with E-state index < -0.39 is 0 Å². The molecule has 1 aromatic heterocycles. The first-order chi connectivity index (χ1) is 7.70. The predicted octanol–water partition coefficient (Wildman–Crippen LogP) is 1.76. The molecule has 0 unspecified atom stereocenters. The number of hydrogen-bond acceptors (Lipinski definition) is 3. The van der Waals surface area contributed by atoms with Gasteiger partial charge in [0.1, 0.15) is 0 Å². The summed E-state index contributed by atoms with van der Waals surface area (Å²) in [6, 6.07) is 5.62. The Labute approximate surface area is 98.5 Å². The van der Waals surface area contributed by atoms with E-state index in [2.05, 4.69) is 10.3 Å². The van der Waals surface area contributed by atoms with Gasteiger partial charge in [-0.3, -0.25) is 0 Å². The SMILES string of the molecule is Cc1ccc(Cl)cc1-n1cc(CCO)nn1. The first-order valence-corrected chi connectivity index (χ1v) is 5.37. The van der Waals surface area contributed by atoms with Gasteiger partial charge in [-0.2, -0.15) is 0 Å². The van der Waals surface area contributed by atoms with Crippen molar-refractivity contribution in [1.29, 1.82) is 0 Å². The summed E-state index contributed by atoms with van der Waals surface area (Å²) in [5.74, 6) is 0. The quantitative estimate of drug-likeness (QED) is 0.885. The Morgan fingerprint density at radius 1 is 1.44 bits per heavy atom. The number of benzene rings is 1. The third-order valence-electron chi connectivity index (χ3n) is 2.33. The molecule has 0 aliphatic heterocycles. The van der Waals surface area contributed by atoms with Gasteiger partial charge in [-0.15, -0.1) is 5.10 Å². The molecule has 0 amide bonds. The maximum atomic E-state index is 8.80. The number of rotatable bonds is 3. The zero-order valence-corrected chi connectivity index (χ0v) is 9.65. The molecule has 2 rings (SSSR count). The van der Waals surface area contributed by atoms with Crippen molar-refractivity contribution in [2.75, 3.05) is 6.61 Å². The van der Waals surface area contributed by atoms with Crippen molar-refractivity contribution >= 4 is 11.6 Å². The molecular weight excluding hydrogens is 226 g/mol. The molecule has 84 valence electrons. The average Bonchev–Trinajstić information content (AvgIpc) is 2.71. The predicted molar refractivity (Wildman–Crippen MR) is 61.9 cm³/mol. The summed E-state index contributed by atoms with van der Waals surface area (Å²) < 4.78 is 1.67. The second-order valence-corrected chi connectivity index (χ2v) is 4.00. The van der Waals surface area contributed by atoms with Crippen molar-refractivity contribution < 1.29 is 5.11 Å². The molecule has 5 heteroatoms. The third-order valence-corrected chi connectivity index (χ3v) is 2.56. The molecular formula is C11H12ClN3O. The lowest BCUT2D eigenvalue weighted by molar-refractivity contribution is 0.298. The normalized spacial score (nSPS) is 10.7. The molecule has 0 fully saturated rings. The minimum atomic E-state index is 0.0766. The molecule has 0 aliphatic rings. The fourth-order valence-electron chi connectivity index (χ4n) is 1.47. The highest BCUT2D eigenvalue weighted by Crippen LogP contribution is 2.18. The van der Waals surface area contributed by atoms with Crippen LogP contribution in [0.4, 0.5) is 0 Å². The largest absolute Gasteiger partial charge is 0.396 e. The summed E-state index contributed by atoms with van der Waals surface area (Å²) in [6.07, 6.45) is 2.31. The Hall–Kier alpha value is -1.39. The van der Waals surface area contributed by atoms with E-state index in [1.807, 2.05) is 25.1 Å². The lowest BCUT2D eigenvalue weighted by atomic mass is 10.2. The van der Waals surface area contributed by atoms with Crippen LogP contribution in [0.25, 0.3) is 5.69 Å². The summed E-state index contributed by atoms with van der Waals surface area (Å²) in [4.78, 5) is 0. The smallest absolute Gasteiger partial charge is 0.0854 e. The molecule has 16 heavy (non-hydrogen) atoms. The third kappa shape index (κ3) is 2.23. The first-order valence-electron chi connectivity index (χ1n) is 4.99. The van der Waals surface area contributed by atoms with Gasteiger partial charge < -0.3 is 5.11 Å².